The molecule has 2 rings (SSSR count). The van der Waals surface area contributed by atoms with Crippen molar-refractivity contribution in [3.05, 3.63) is 33.1 Å². The average Bonchev–Trinajstić information content (AvgIpc) is 2.87. The van der Waals surface area contributed by atoms with E-state index < -0.39 is 35.8 Å². The molecule has 0 bridgehead atoms. The summed E-state index contributed by atoms with van der Waals surface area (Å²) in [5.41, 5.74) is -1.16. The molecule has 0 radical (unpaired) electrons. The Bertz CT molecular complexity index is 613. The van der Waals surface area contributed by atoms with Crippen molar-refractivity contribution in [1.29, 1.82) is 0 Å². The first kappa shape index (κ1) is 18.9. The lowest BCUT2D eigenvalue weighted by molar-refractivity contribution is -0.0749. The van der Waals surface area contributed by atoms with Gasteiger partial charge in [-0.1, -0.05) is 32.6 Å². The van der Waals surface area contributed by atoms with Gasteiger partial charge in [0.1, 0.15) is 18.3 Å². The standard InChI is InChI=1S/C16H26N2O6/c1-2-3-4-5-6-9-23-14-13(21)11(10-19)24-15(14)18-8-7-12(20)17-16(18)22/h7-8,11,13-15,19,21H,2-6,9-10H2,1H3,(H,17,20,22)/t11-,13+,14?,15-/m1/s1. The fourth-order valence-electron chi connectivity index (χ4n) is 2.83. The van der Waals surface area contributed by atoms with E-state index in [1.165, 1.54) is 23.3 Å². The maximum Gasteiger partial charge on any atom is 0.330 e. The number of unbranched alkanes of at least 4 members (excludes halogenated alkanes) is 4. The van der Waals surface area contributed by atoms with Crippen LogP contribution in [0.4, 0.5) is 0 Å². The lowest BCUT2D eigenvalue weighted by atomic mass is 10.1. The number of nitrogens with zero attached hydrogens (tertiary/aromatic N) is 1. The van der Waals surface area contributed by atoms with Gasteiger partial charge in [0.05, 0.1) is 6.61 Å². The van der Waals surface area contributed by atoms with E-state index in [0.717, 1.165) is 25.7 Å². The average molecular weight is 342 g/mol. The Morgan fingerprint density at radius 1 is 1.29 bits per heavy atom. The fourth-order valence-corrected chi connectivity index (χ4v) is 2.83. The second-order valence-electron chi connectivity index (χ2n) is 6.01. The highest BCUT2D eigenvalue weighted by Crippen LogP contribution is 2.30. The molecule has 1 fully saturated rings. The molecule has 0 aliphatic carbocycles. The molecule has 1 aliphatic rings. The Kier molecular flexibility index (Phi) is 7.16. The molecule has 2 heterocycles. The molecule has 24 heavy (non-hydrogen) atoms. The Hall–Kier alpha value is -1.48. The monoisotopic (exact) mass is 342 g/mol. The SMILES string of the molecule is CCCCCCCOC1[C@@H](O)[C@@H](CO)O[C@H]1n1ccc(=O)[nH]c1=O. The molecular weight excluding hydrogens is 316 g/mol. The molecule has 1 aromatic heterocycles. The van der Waals surface area contributed by atoms with Crippen LogP contribution >= 0.6 is 0 Å². The topological polar surface area (TPSA) is 114 Å². The van der Waals surface area contributed by atoms with Gasteiger partial charge in [-0.3, -0.25) is 14.3 Å². The predicted molar refractivity (Wildman–Crippen MR) is 86.8 cm³/mol. The zero-order valence-electron chi connectivity index (χ0n) is 13.9. The summed E-state index contributed by atoms with van der Waals surface area (Å²) in [6.45, 7) is 2.19. The van der Waals surface area contributed by atoms with Crippen LogP contribution in [0, 0.1) is 0 Å². The summed E-state index contributed by atoms with van der Waals surface area (Å²) in [7, 11) is 0. The molecular formula is C16H26N2O6. The third kappa shape index (κ3) is 4.54. The van der Waals surface area contributed by atoms with Crippen molar-refractivity contribution in [2.75, 3.05) is 13.2 Å². The second kappa shape index (κ2) is 9.12. The molecule has 1 saturated heterocycles. The van der Waals surface area contributed by atoms with Gasteiger partial charge in [-0.15, -0.1) is 0 Å². The summed E-state index contributed by atoms with van der Waals surface area (Å²) in [5.74, 6) is 0. The van der Waals surface area contributed by atoms with Crippen LogP contribution in [0.15, 0.2) is 21.9 Å². The Balaban J connectivity index is 2.04. The van der Waals surface area contributed by atoms with Gasteiger partial charge >= 0.3 is 5.69 Å². The van der Waals surface area contributed by atoms with Crippen molar-refractivity contribution in [3.63, 3.8) is 0 Å². The molecule has 0 spiro atoms. The van der Waals surface area contributed by atoms with E-state index in [9.17, 15) is 19.8 Å². The Labute approximate surface area is 140 Å². The third-order valence-electron chi connectivity index (χ3n) is 4.18. The summed E-state index contributed by atoms with van der Waals surface area (Å²) in [4.78, 5) is 25.3. The van der Waals surface area contributed by atoms with Gasteiger partial charge in [0.2, 0.25) is 0 Å². The molecule has 8 nitrogen and oxygen atoms in total. The van der Waals surface area contributed by atoms with Crippen LogP contribution in [-0.4, -0.2) is 51.3 Å². The van der Waals surface area contributed by atoms with Gasteiger partial charge in [-0.05, 0) is 6.42 Å². The van der Waals surface area contributed by atoms with E-state index in [1.807, 2.05) is 0 Å². The number of H-pyrrole nitrogens is 1. The maximum atomic E-state index is 12.0. The number of ether oxygens (including phenoxy) is 2. The van der Waals surface area contributed by atoms with Gasteiger partial charge in [0.15, 0.2) is 6.23 Å². The molecule has 0 saturated carbocycles. The number of hydrogen-bond donors (Lipinski definition) is 3. The molecule has 1 aliphatic heterocycles. The minimum Gasteiger partial charge on any atom is -0.394 e. The number of nitrogens with one attached hydrogen (secondary N) is 1. The minimum absolute atomic E-state index is 0.383. The largest absolute Gasteiger partial charge is 0.394 e. The normalized spacial score (nSPS) is 26.8. The molecule has 3 N–H and O–H groups in total. The second-order valence-corrected chi connectivity index (χ2v) is 6.01. The van der Waals surface area contributed by atoms with E-state index in [-0.39, 0.29) is 6.61 Å². The molecule has 1 unspecified atom stereocenters. The first-order valence-electron chi connectivity index (χ1n) is 8.46. The lowest BCUT2D eigenvalue weighted by Crippen LogP contribution is -2.39. The van der Waals surface area contributed by atoms with Gasteiger partial charge < -0.3 is 19.7 Å². The first-order chi connectivity index (χ1) is 11.6. The van der Waals surface area contributed by atoms with Crippen molar-refractivity contribution in [1.82, 2.24) is 9.55 Å². The Morgan fingerprint density at radius 3 is 2.71 bits per heavy atom. The van der Waals surface area contributed by atoms with Crippen LogP contribution in [0.1, 0.15) is 45.3 Å². The van der Waals surface area contributed by atoms with Gasteiger partial charge in [0, 0.05) is 18.9 Å². The third-order valence-corrected chi connectivity index (χ3v) is 4.18. The van der Waals surface area contributed by atoms with E-state index >= 15 is 0 Å². The zero-order chi connectivity index (χ0) is 17.5. The summed E-state index contributed by atoms with van der Waals surface area (Å²) in [6, 6.07) is 1.20. The van der Waals surface area contributed by atoms with E-state index in [4.69, 9.17) is 9.47 Å². The van der Waals surface area contributed by atoms with Gasteiger partial charge in [0.25, 0.3) is 5.56 Å². The van der Waals surface area contributed by atoms with Crippen molar-refractivity contribution in [3.8, 4) is 0 Å². The van der Waals surface area contributed by atoms with Crippen LogP contribution in [0.3, 0.4) is 0 Å². The van der Waals surface area contributed by atoms with Gasteiger partial charge in [-0.25, -0.2) is 4.79 Å². The molecule has 1 aromatic rings. The summed E-state index contributed by atoms with van der Waals surface area (Å²) in [5, 5.41) is 19.6. The van der Waals surface area contributed by atoms with E-state index in [1.54, 1.807) is 0 Å². The highest BCUT2D eigenvalue weighted by molar-refractivity contribution is 4.93. The van der Waals surface area contributed by atoms with Crippen molar-refractivity contribution < 1.29 is 19.7 Å². The summed E-state index contributed by atoms with van der Waals surface area (Å²) >= 11 is 0. The van der Waals surface area contributed by atoms with Gasteiger partial charge in [-0.2, -0.15) is 0 Å². The predicted octanol–water partition coefficient (Wildman–Crippen LogP) is 0.143. The van der Waals surface area contributed by atoms with Crippen LogP contribution in [-0.2, 0) is 9.47 Å². The number of rotatable bonds is 9. The number of aliphatic hydroxyl groups is 2. The van der Waals surface area contributed by atoms with E-state index in [2.05, 4.69) is 11.9 Å². The fraction of sp³-hybridized carbons (Fsp3) is 0.750. The number of aromatic amines is 1. The van der Waals surface area contributed by atoms with Crippen LogP contribution in [0.25, 0.3) is 0 Å². The first-order valence-corrected chi connectivity index (χ1v) is 8.46. The number of aliphatic hydroxyl groups excluding tert-OH is 2. The van der Waals surface area contributed by atoms with Crippen LogP contribution in [0.5, 0.6) is 0 Å². The maximum absolute atomic E-state index is 12.0. The molecule has 8 heteroatoms. The minimum atomic E-state index is -1.05. The highest BCUT2D eigenvalue weighted by Gasteiger charge is 2.45. The molecule has 4 atom stereocenters. The zero-order valence-corrected chi connectivity index (χ0v) is 13.9. The number of hydrogen-bond acceptors (Lipinski definition) is 6. The van der Waals surface area contributed by atoms with E-state index in [0.29, 0.717) is 6.61 Å². The Morgan fingerprint density at radius 2 is 2.04 bits per heavy atom. The molecule has 0 amide bonds. The lowest BCUT2D eigenvalue weighted by Gasteiger charge is -2.22. The van der Waals surface area contributed by atoms with Crippen LogP contribution in [0.2, 0.25) is 0 Å². The molecule has 136 valence electrons. The van der Waals surface area contributed by atoms with Crippen molar-refractivity contribution >= 4 is 0 Å². The van der Waals surface area contributed by atoms with Crippen molar-refractivity contribution in [2.24, 2.45) is 0 Å². The number of aromatic nitrogens is 2. The van der Waals surface area contributed by atoms with Crippen molar-refractivity contribution in [2.45, 2.75) is 63.6 Å². The molecule has 0 aromatic carbocycles. The quantitative estimate of drug-likeness (QED) is 0.550. The smallest absolute Gasteiger partial charge is 0.330 e. The highest BCUT2D eigenvalue weighted by atomic mass is 16.6. The van der Waals surface area contributed by atoms with Crippen LogP contribution < -0.4 is 11.2 Å². The summed E-state index contributed by atoms with van der Waals surface area (Å²) in [6.07, 6.45) is 3.09. The summed E-state index contributed by atoms with van der Waals surface area (Å²) < 4.78 is 12.5.